The van der Waals surface area contributed by atoms with E-state index in [-0.39, 0.29) is 0 Å². The van der Waals surface area contributed by atoms with Gasteiger partial charge in [-0.15, -0.1) is 0 Å². The molecule has 17 heavy (non-hydrogen) atoms. The van der Waals surface area contributed by atoms with Crippen molar-refractivity contribution in [1.82, 2.24) is 0 Å². The number of hydrogen-bond donors (Lipinski definition) is 2. The first-order valence-corrected chi connectivity index (χ1v) is 6.32. The highest BCUT2D eigenvalue weighted by molar-refractivity contribution is 9.10. The predicted octanol–water partition coefficient (Wildman–Crippen LogP) is 4.74. The van der Waals surface area contributed by atoms with Crippen molar-refractivity contribution in [2.45, 2.75) is 6.92 Å². The lowest BCUT2D eigenvalue weighted by atomic mass is 10.2. The zero-order valence-electron chi connectivity index (χ0n) is 9.30. The molecular weight excluding hydrogens is 300 g/mol. The van der Waals surface area contributed by atoms with Gasteiger partial charge >= 0.3 is 0 Å². The molecule has 0 aliphatic carbocycles. The lowest BCUT2D eigenvalue weighted by Gasteiger charge is -2.11. The van der Waals surface area contributed by atoms with Gasteiger partial charge in [0.25, 0.3) is 0 Å². The van der Waals surface area contributed by atoms with Crippen LogP contribution in [0.5, 0.6) is 0 Å². The van der Waals surface area contributed by atoms with Gasteiger partial charge in [-0.3, -0.25) is 0 Å². The van der Waals surface area contributed by atoms with E-state index in [1.165, 1.54) is 0 Å². The molecule has 0 atom stereocenters. The molecule has 0 bridgehead atoms. The second-order valence-corrected chi connectivity index (χ2v) is 5.05. The van der Waals surface area contributed by atoms with Gasteiger partial charge in [-0.05, 0) is 42.8 Å². The minimum atomic E-state index is 0.559. The van der Waals surface area contributed by atoms with E-state index in [1.54, 1.807) is 6.07 Å². The van der Waals surface area contributed by atoms with Crippen molar-refractivity contribution in [3.63, 3.8) is 0 Å². The van der Waals surface area contributed by atoms with E-state index < -0.39 is 0 Å². The van der Waals surface area contributed by atoms with Gasteiger partial charge < -0.3 is 11.1 Å². The Labute approximate surface area is 114 Å². The molecule has 2 rings (SSSR count). The second kappa shape index (κ2) is 4.98. The van der Waals surface area contributed by atoms with Crippen LogP contribution in [0.25, 0.3) is 0 Å². The Balaban J connectivity index is 2.31. The first-order chi connectivity index (χ1) is 8.08. The van der Waals surface area contributed by atoms with Crippen molar-refractivity contribution in [3.8, 4) is 0 Å². The summed E-state index contributed by atoms with van der Waals surface area (Å²) in [5.41, 5.74) is 9.43. The normalized spacial score (nSPS) is 10.3. The summed E-state index contributed by atoms with van der Waals surface area (Å²) in [5.74, 6) is 0. The van der Waals surface area contributed by atoms with Crippen molar-refractivity contribution in [1.29, 1.82) is 0 Å². The number of rotatable bonds is 2. The standard InChI is InChI=1S/C13H12BrClN2/c1-8-7-9(5-6-10(8)14)17-12-4-2-3-11(15)13(12)16/h2-7,17H,16H2,1H3. The zero-order valence-corrected chi connectivity index (χ0v) is 11.6. The fourth-order valence-electron chi connectivity index (χ4n) is 1.52. The summed E-state index contributed by atoms with van der Waals surface area (Å²) in [6, 6.07) is 11.6. The first-order valence-electron chi connectivity index (χ1n) is 5.15. The van der Waals surface area contributed by atoms with Crippen LogP contribution in [0.2, 0.25) is 5.02 Å². The van der Waals surface area contributed by atoms with Crippen LogP contribution in [0.4, 0.5) is 17.1 Å². The van der Waals surface area contributed by atoms with E-state index in [0.29, 0.717) is 10.7 Å². The minimum Gasteiger partial charge on any atom is -0.396 e. The van der Waals surface area contributed by atoms with Crippen molar-refractivity contribution in [3.05, 3.63) is 51.5 Å². The Morgan fingerprint density at radius 1 is 1.24 bits per heavy atom. The lowest BCUT2D eigenvalue weighted by molar-refractivity contribution is 1.42. The smallest absolute Gasteiger partial charge is 0.0742 e. The van der Waals surface area contributed by atoms with E-state index in [1.807, 2.05) is 37.3 Å². The molecule has 0 heterocycles. The summed E-state index contributed by atoms with van der Waals surface area (Å²) in [7, 11) is 0. The molecule has 0 aliphatic rings. The van der Waals surface area contributed by atoms with Crippen molar-refractivity contribution in [2.75, 3.05) is 11.1 Å². The number of aryl methyl sites for hydroxylation is 1. The molecule has 2 nitrogen and oxygen atoms in total. The first kappa shape index (κ1) is 12.3. The molecule has 3 N–H and O–H groups in total. The van der Waals surface area contributed by atoms with Crippen LogP contribution in [0.3, 0.4) is 0 Å². The third kappa shape index (κ3) is 2.73. The molecule has 0 radical (unpaired) electrons. The Bertz CT molecular complexity index is 555. The van der Waals surface area contributed by atoms with Crippen LogP contribution < -0.4 is 11.1 Å². The molecular formula is C13H12BrClN2. The van der Waals surface area contributed by atoms with Crippen LogP contribution in [0, 0.1) is 6.92 Å². The Kier molecular flexibility index (Phi) is 3.60. The number of halogens is 2. The van der Waals surface area contributed by atoms with Gasteiger partial charge in [0.15, 0.2) is 0 Å². The molecule has 2 aromatic carbocycles. The number of nitrogens with two attached hydrogens (primary N) is 1. The monoisotopic (exact) mass is 310 g/mol. The highest BCUT2D eigenvalue weighted by atomic mass is 79.9. The summed E-state index contributed by atoms with van der Waals surface area (Å²) in [4.78, 5) is 0. The molecule has 88 valence electrons. The van der Waals surface area contributed by atoms with E-state index in [9.17, 15) is 0 Å². The van der Waals surface area contributed by atoms with Gasteiger partial charge in [0.2, 0.25) is 0 Å². The van der Waals surface area contributed by atoms with Gasteiger partial charge in [-0.1, -0.05) is 33.6 Å². The summed E-state index contributed by atoms with van der Waals surface area (Å²) in [6.07, 6.45) is 0. The SMILES string of the molecule is Cc1cc(Nc2cccc(Cl)c2N)ccc1Br. The number of nitrogen functional groups attached to an aromatic ring is 1. The molecule has 0 saturated carbocycles. The van der Waals surface area contributed by atoms with E-state index >= 15 is 0 Å². The molecule has 0 unspecified atom stereocenters. The van der Waals surface area contributed by atoms with E-state index in [0.717, 1.165) is 21.4 Å². The lowest BCUT2D eigenvalue weighted by Crippen LogP contribution is -1.97. The van der Waals surface area contributed by atoms with E-state index in [4.69, 9.17) is 17.3 Å². The summed E-state index contributed by atoms with van der Waals surface area (Å²) in [6.45, 7) is 2.04. The Hall–Kier alpha value is -1.19. The van der Waals surface area contributed by atoms with Crippen LogP contribution >= 0.6 is 27.5 Å². The molecule has 0 aliphatic heterocycles. The number of benzene rings is 2. The number of para-hydroxylation sites is 1. The average molecular weight is 312 g/mol. The molecule has 0 fully saturated rings. The van der Waals surface area contributed by atoms with Crippen molar-refractivity contribution >= 4 is 44.6 Å². The average Bonchev–Trinajstić information content (AvgIpc) is 2.30. The van der Waals surface area contributed by atoms with Crippen LogP contribution in [-0.4, -0.2) is 0 Å². The van der Waals surface area contributed by atoms with Crippen LogP contribution in [0.15, 0.2) is 40.9 Å². The second-order valence-electron chi connectivity index (χ2n) is 3.79. The van der Waals surface area contributed by atoms with Crippen molar-refractivity contribution in [2.24, 2.45) is 0 Å². The highest BCUT2D eigenvalue weighted by Gasteiger charge is 2.04. The highest BCUT2D eigenvalue weighted by Crippen LogP contribution is 2.30. The molecule has 2 aromatic rings. The maximum atomic E-state index is 5.96. The summed E-state index contributed by atoms with van der Waals surface area (Å²) >= 11 is 9.43. The maximum Gasteiger partial charge on any atom is 0.0742 e. The molecule has 4 heteroatoms. The number of hydrogen-bond acceptors (Lipinski definition) is 2. The fourth-order valence-corrected chi connectivity index (χ4v) is 1.95. The Morgan fingerprint density at radius 3 is 2.71 bits per heavy atom. The van der Waals surface area contributed by atoms with Crippen molar-refractivity contribution < 1.29 is 0 Å². The van der Waals surface area contributed by atoms with Crippen LogP contribution in [0.1, 0.15) is 5.56 Å². The summed E-state index contributed by atoms with van der Waals surface area (Å²) < 4.78 is 1.09. The van der Waals surface area contributed by atoms with Gasteiger partial charge in [-0.2, -0.15) is 0 Å². The molecule has 0 amide bonds. The van der Waals surface area contributed by atoms with Gasteiger partial charge in [0.1, 0.15) is 0 Å². The van der Waals surface area contributed by atoms with Crippen LogP contribution in [-0.2, 0) is 0 Å². The van der Waals surface area contributed by atoms with E-state index in [2.05, 4.69) is 21.2 Å². The van der Waals surface area contributed by atoms with Gasteiger partial charge in [0, 0.05) is 10.2 Å². The molecule has 0 saturated heterocycles. The third-order valence-electron chi connectivity index (χ3n) is 2.49. The largest absolute Gasteiger partial charge is 0.396 e. The van der Waals surface area contributed by atoms with Gasteiger partial charge in [-0.25, -0.2) is 0 Å². The predicted molar refractivity (Wildman–Crippen MR) is 78.0 cm³/mol. The number of anilines is 3. The fraction of sp³-hybridized carbons (Fsp3) is 0.0769. The molecule has 0 spiro atoms. The topological polar surface area (TPSA) is 38.0 Å². The maximum absolute atomic E-state index is 5.96. The summed E-state index contributed by atoms with van der Waals surface area (Å²) in [5, 5.41) is 3.81. The quantitative estimate of drug-likeness (QED) is 0.786. The minimum absolute atomic E-state index is 0.559. The Morgan fingerprint density at radius 2 is 2.00 bits per heavy atom. The third-order valence-corrected chi connectivity index (χ3v) is 3.71. The van der Waals surface area contributed by atoms with Gasteiger partial charge in [0.05, 0.1) is 16.4 Å². The zero-order chi connectivity index (χ0) is 12.4. The molecule has 0 aromatic heterocycles. The number of nitrogens with one attached hydrogen (secondary N) is 1.